The molecule has 0 N–H and O–H groups in total. The van der Waals surface area contributed by atoms with Crippen molar-refractivity contribution in [2.24, 2.45) is 0 Å². The lowest BCUT2D eigenvalue weighted by Crippen LogP contribution is -2.22. The molecule has 1 fully saturated rings. The van der Waals surface area contributed by atoms with Crippen molar-refractivity contribution in [3.63, 3.8) is 0 Å². The highest BCUT2D eigenvalue weighted by Crippen LogP contribution is 2.30. The SMILES string of the molecule is CC(C)(C)c1nc(CSc2nnc(N3CCCC3)n2Cc2ccco2)cs1. The monoisotopic (exact) mass is 403 g/mol. The molecule has 3 aromatic rings. The molecule has 1 saturated heterocycles. The Bertz CT molecular complexity index is 872. The minimum atomic E-state index is 0.0931. The summed E-state index contributed by atoms with van der Waals surface area (Å²) in [6, 6.07) is 3.92. The average molecular weight is 404 g/mol. The summed E-state index contributed by atoms with van der Waals surface area (Å²) < 4.78 is 7.74. The molecule has 0 aliphatic carbocycles. The third kappa shape index (κ3) is 4.21. The van der Waals surface area contributed by atoms with Crippen molar-refractivity contribution < 1.29 is 4.42 Å². The molecule has 0 aromatic carbocycles. The molecule has 144 valence electrons. The second-order valence-electron chi connectivity index (χ2n) is 7.82. The molecule has 4 heterocycles. The first-order valence-corrected chi connectivity index (χ1v) is 11.2. The Morgan fingerprint density at radius 2 is 2.04 bits per heavy atom. The van der Waals surface area contributed by atoms with E-state index >= 15 is 0 Å². The van der Waals surface area contributed by atoms with E-state index in [4.69, 9.17) is 9.40 Å². The van der Waals surface area contributed by atoms with Gasteiger partial charge in [0.25, 0.3) is 0 Å². The van der Waals surface area contributed by atoms with E-state index in [0.29, 0.717) is 6.54 Å². The quantitative estimate of drug-likeness (QED) is 0.562. The van der Waals surface area contributed by atoms with Gasteiger partial charge in [-0.05, 0) is 25.0 Å². The number of hydrogen-bond acceptors (Lipinski definition) is 7. The van der Waals surface area contributed by atoms with Crippen LogP contribution in [0.1, 0.15) is 50.1 Å². The van der Waals surface area contributed by atoms with E-state index in [2.05, 4.69) is 45.8 Å². The van der Waals surface area contributed by atoms with Crippen LogP contribution in [0.4, 0.5) is 5.95 Å². The van der Waals surface area contributed by atoms with Crippen LogP contribution in [0.2, 0.25) is 0 Å². The fraction of sp³-hybridized carbons (Fsp3) is 0.526. The number of nitrogens with zero attached hydrogens (tertiary/aromatic N) is 5. The zero-order chi connectivity index (χ0) is 18.9. The van der Waals surface area contributed by atoms with Crippen molar-refractivity contribution in [1.82, 2.24) is 19.7 Å². The van der Waals surface area contributed by atoms with E-state index in [9.17, 15) is 0 Å². The Morgan fingerprint density at radius 1 is 1.22 bits per heavy atom. The smallest absolute Gasteiger partial charge is 0.228 e. The summed E-state index contributed by atoms with van der Waals surface area (Å²) in [4.78, 5) is 7.12. The number of rotatable bonds is 6. The summed E-state index contributed by atoms with van der Waals surface area (Å²) in [5, 5.41) is 13.2. The normalized spacial score (nSPS) is 15.0. The zero-order valence-electron chi connectivity index (χ0n) is 16.0. The fourth-order valence-corrected chi connectivity index (χ4v) is 4.93. The molecule has 8 heteroatoms. The lowest BCUT2D eigenvalue weighted by Gasteiger charge is -2.17. The molecule has 1 aliphatic heterocycles. The molecule has 0 atom stereocenters. The molecule has 4 rings (SSSR count). The van der Waals surface area contributed by atoms with Crippen molar-refractivity contribution in [2.75, 3.05) is 18.0 Å². The van der Waals surface area contributed by atoms with Crippen LogP contribution in [-0.2, 0) is 17.7 Å². The molecule has 0 unspecified atom stereocenters. The molecule has 27 heavy (non-hydrogen) atoms. The van der Waals surface area contributed by atoms with Crippen molar-refractivity contribution in [2.45, 2.75) is 56.5 Å². The number of furan rings is 1. The van der Waals surface area contributed by atoms with Crippen LogP contribution in [0.15, 0.2) is 33.3 Å². The first-order valence-electron chi connectivity index (χ1n) is 9.29. The summed E-state index contributed by atoms with van der Waals surface area (Å²) in [5.41, 5.74) is 1.20. The molecule has 3 aromatic heterocycles. The van der Waals surface area contributed by atoms with Gasteiger partial charge in [0.15, 0.2) is 5.16 Å². The van der Waals surface area contributed by atoms with Crippen LogP contribution in [0, 0.1) is 0 Å². The Hall–Kier alpha value is -1.80. The summed E-state index contributed by atoms with van der Waals surface area (Å²) in [6.07, 6.45) is 4.14. The maximum absolute atomic E-state index is 5.57. The van der Waals surface area contributed by atoms with Gasteiger partial charge in [0.05, 0.1) is 23.5 Å². The molecule has 0 bridgehead atoms. The van der Waals surface area contributed by atoms with Gasteiger partial charge in [-0.1, -0.05) is 32.5 Å². The van der Waals surface area contributed by atoms with Gasteiger partial charge in [-0.3, -0.25) is 4.57 Å². The van der Waals surface area contributed by atoms with Gasteiger partial charge in [0.1, 0.15) is 5.76 Å². The van der Waals surface area contributed by atoms with E-state index in [1.54, 1.807) is 29.4 Å². The van der Waals surface area contributed by atoms with Crippen LogP contribution < -0.4 is 4.90 Å². The predicted octanol–water partition coefficient (Wildman–Crippen LogP) is 4.57. The van der Waals surface area contributed by atoms with Gasteiger partial charge in [0, 0.05) is 29.6 Å². The molecule has 1 aliphatic rings. The number of thioether (sulfide) groups is 1. The minimum absolute atomic E-state index is 0.0931. The van der Waals surface area contributed by atoms with Crippen LogP contribution >= 0.6 is 23.1 Å². The zero-order valence-corrected chi connectivity index (χ0v) is 17.6. The second kappa shape index (κ2) is 7.67. The highest BCUT2D eigenvalue weighted by Gasteiger charge is 2.23. The van der Waals surface area contributed by atoms with Crippen LogP contribution in [0.25, 0.3) is 0 Å². The second-order valence-corrected chi connectivity index (χ2v) is 9.63. The topological polar surface area (TPSA) is 60.0 Å². The van der Waals surface area contributed by atoms with E-state index in [-0.39, 0.29) is 5.41 Å². The van der Waals surface area contributed by atoms with Crippen molar-refractivity contribution >= 4 is 29.0 Å². The molecule has 0 spiro atoms. The van der Waals surface area contributed by atoms with Gasteiger partial charge in [-0.2, -0.15) is 0 Å². The third-order valence-corrected chi connectivity index (χ3v) is 6.84. The highest BCUT2D eigenvalue weighted by atomic mass is 32.2. The Morgan fingerprint density at radius 3 is 2.70 bits per heavy atom. The lowest BCUT2D eigenvalue weighted by atomic mass is 9.98. The number of hydrogen-bond donors (Lipinski definition) is 0. The third-order valence-electron chi connectivity index (χ3n) is 4.52. The number of anilines is 1. The van der Waals surface area contributed by atoms with Crippen LogP contribution in [-0.4, -0.2) is 32.8 Å². The molecular weight excluding hydrogens is 378 g/mol. The molecular formula is C19H25N5OS2. The lowest BCUT2D eigenvalue weighted by molar-refractivity contribution is 0.483. The first kappa shape index (κ1) is 18.6. The number of aromatic nitrogens is 4. The minimum Gasteiger partial charge on any atom is -0.467 e. The van der Waals surface area contributed by atoms with E-state index in [0.717, 1.165) is 41.4 Å². The van der Waals surface area contributed by atoms with Crippen LogP contribution in [0.5, 0.6) is 0 Å². The highest BCUT2D eigenvalue weighted by molar-refractivity contribution is 7.98. The summed E-state index contributed by atoms with van der Waals surface area (Å²) in [5.74, 6) is 2.66. The van der Waals surface area contributed by atoms with Gasteiger partial charge in [-0.25, -0.2) is 4.98 Å². The van der Waals surface area contributed by atoms with E-state index < -0.39 is 0 Å². The Kier molecular flexibility index (Phi) is 5.27. The van der Waals surface area contributed by atoms with Crippen molar-refractivity contribution in [3.05, 3.63) is 40.2 Å². The van der Waals surface area contributed by atoms with Crippen molar-refractivity contribution in [1.29, 1.82) is 0 Å². The standard InChI is InChI=1S/C19H25N5OS2/c1-19(2,3)16-20-14(12-26-16)13-27-18-22-21-17(23-8-4-5-9-23)24(18)11-15-7-6-10-25-15/h6-7,10,12H,4-5,8-9,11,13H2,1-3H3. The molecule has 6 nitrogen and oxygen atoms in total. The summed E-state index contributed by atoms with van der Waals surface area (Å²) in [7, 11) is 0. The van der Waals surface area contributed by atoms with Crippen LogP contribution in [0.3, 0.4) is 0 Å². The van der Waals surface area contributed by atoms with Gasteiger partial charge < -0.3 is 9.32 Å². The number of thiazole rings is 1. The van der Waals surface area contributed by atoms with E-state index in [1.165, 1.54) is 17.8 Å². The largest absolute Gasteiger partial charge is 0.467 e. The van der Waals surface area contributed by atoms with Gasteiger partial charge >= 0.3 is 0 Å². The predicted molar refractivity (Wildman–Crippen MR) is 110 cm³/mol. The molecule has 0 amide bonds. The summed E-state index contributed by atoms with van der Waals surface area (Å²) >= 11 is 3.43. The van der Waals surface area contributed by atoms with Gasteiger partial charge in [-0.15, -0.1) is 21.5 Å². The molecule has 0 saturated carbocycles. The van der Waals surface area contributed by atoms with Crippen molar-refractivity contribution in [3.8, 4) is 0 Å². The Labute approximate surface area is 168 Å². The summed E-state index contributed by atoms with van der Waals surface area (Å²) in [6.45, 7) is 9.34. The van der Waals surface area contributed by atoms with Gasteiger partial charge in [0.2, 0.25) is 5.95 Å². The maximum Gasteiger partial charge on any atom is 0.228 e. The van der Waals surface area contributed by atoms with E-state index in [1.807, 2.05) is 12.1 Å². The maximum atomic E-state index is 5.57. The average Bonchev–Trinajstić information content (AvgIpc) is 3.40. The first-order chi connectivity index (χ1) is 13.0. The molecule has 0 radical (unpaired) electrons. The Balaban J connectivity index is 1.53. The fourth-order valence-electron chi connectivity index (χ4n) is 3.09.